The van der Waals surface area contributed by atoms with Gasteiger partial charge in [0.25, 0.3) is 0 Å². The number of rotatable bonds is 7. The van der Waals surface area contributed by atoms with Crippen molar-refractivity contribution in [2.24, 2.45) is 5.92 Å². The van der Waals surface area contributed by atoms with Crippen molar-refractivity contribution in [1.29, 1.82) is 0 Å². The number of aromatic amines is 1. The molecule has 4 fully saturated rings. The first-order chi connectivity index (χ1) is 16.4. The van der Waals surface area contributed by atoms with Gasteiger partial charge in [0.1, 0.15) is 11.1 Å². The second kappa shape index (κ2) is 8.07. The van der Waals surface area contributed by atoms with Gasteiger partial charge >= 0.3 is 6.09 Å². The lowest BCUT2D eigenvalue weighted by atomic mass is 9.50. The van der Waals surface area contributed by atoms with Crippen molar-refractivity contribution in [3.8, 4) is 0 Å². The molecule has 0 aromatic carbocycles. The topological polar surface area (TPSA) is 128 Å². The predicted molar refractivity (Wildman–Crippen MR) is 118 cm³/mol. The van der Waals surface area contributed by atoms with Gasteiger partial charge in [-0.15, -0.1) is 0 Å². The number of alkyl carbamates (subject to hydrolysis) is 1. The smallest absolute Gasteiger partial charge is 0.408 e. The van der Waals surface area contributed by atoms with Crippen LogP contribution in [0.3, 0.4) is 0 Å². The summed E-state index contributed by atoms with van der Waals surface area (Å²) in [6, 6.07) is 1.62. The van der Waals surface area contributed by atoms with Gasteiger partial charge in [-0.2, -0.15) is 5.10 Å². The molecule has 0 spiro atoms. The minimum absolute atomic E-state index is 0.0344. The van der Waals surface area contributed by atoms with E-state index >= 15 is 4.39 Å². The van der Waals surface area contributed by atoms with Crippen molar-refractivity contribution >= 4 is 35.1 Å². The molecule has 34 heavy (non-hydrogen) atoms. The highest BCUT2D eigenvalue weighted by Crippen LogP contribution is 2.57. The third-order valence-corrected chi connectivity index (χ3v) is 6.95. The van der Waals surface area contributed by atoms with Crippen LogP contribution in [-0.2, 0) is 20.8 Å². The van der Waals surface area contributed by atoms with Crippen molar-refractivity contribution in [1.82, 2.24) is 29.9 Å². The van der Waals surface area contributed by atoms with Crippen LogP contribution in [0.2, 0.25) is 5.02 Å². The summed E-state index contributed by atoms with van der Waals surface area (Å²) < 4.78 is 32.8. The molecule has 4 heterocycles. The number of fused-ring (bicyclic) bond motifs is 1. The number of amides is 1. The Morgan fingerprint density at radius 1 is 1.44 bits per heavy atom. The Kier molecular flexibility index (Phi) is 5.12. The second-order valence-corrected chi connectivity index (χ2v) is 9.56. The minimum atomic E-state index is -1.53. The lowest BCUT2D eigenvalue weighted by Gasteiger charge is -2.61. The molecule has 180 valence electrons. The molecule has 7 rings (SSSR count). The molecule has 3 saturated carbocycles. The first-order valence-electron chi connectivity index (χ1n) is 11.0. The molecule has 0 unspecified atom stereocenters. The fraction of sp³-hybridized carbons (Fsp3) is 0.524. The quantitative estimate of drug-likeness (QED) is 0.460. The van der Waals surface area contributed by atoms with Gasteiger partial charge in [-0.05, 0) is 25.2 Å². The number of halogens is 2. The molecule has 3 aromatic heterocycles. The number of carbonyl (C=O) groups is 1. The first-order valence-corrected chi connectivity index (χ1v) is 11.4. The maximum atomic E-state index is 15.1. The molecule has 2 bridgehead atoms. The predicted octanol–water partition coefficient (Wildman–Crippen LogP) is 3.05. The SMILES string of the molecule is COCc1cn2c(Nc3cc([C@H]4OC[C@@H](OC(=O)NC56CC(C5)C6)[C@H]4F)[nH]n3)ncc(Cl)c2n1. The molecule has 1 saturated heterocycles. The van der Waals surface area contributed by atoms with E-state index in [9.17, 15) is 4.79 Å². The number of anilines is 2. The zero-order valence-electron chi connectivity index (χ0n) is 18.3. The number of alkyl halides is 1. The summed E-state index contributed by atoms with van der Waals surface area (Å²) in [7, 11) is 1.58. The summed E-state index contributed by atoms with van der Waals surface area (Å²) in [4.78, 5) is 20.9. The highest BCUT2D eigenvalue weighted by molar-refractivity contribution is 6.33. The molecule has 1 aliphatic heterocycles. The maximum Gasteiger partial charge on any atom is 0.408 e. The molecule has 11 nitrogen and oxygen atoms in total. The molecule has 4 aliphatic rings. The van der Waals surface area contributed by atoms with Crippen LogP contribution in [0.1, 0.15) is 36.8 Å². The number of nitrogens with zero attached hydrogens (tertiary/aromatic N) is 4. The van der Waals surface area contributed by atoms with E-state index < -0.39 is 24.5 Å². The zero-order chi connectivity index (χ0) is 23.4. The van der Waals surface area contributed by atoms with Gasteiger partial charge in [0, 0.05) is 24.9 Å². The van der Waals surface area contributed by atoms with Gasteiger partial charge in [-0.3, -0.25) is 9.50 Å². The van der Waals surface area contributed by atoms with E-state index in [4.69, 9.17) is 25.8 Å². The van der Waals surface area contributed by atoms with Gasteiger partial charge in [-0.25, -0.2) is 19.2 Å². The van der Waals surface area contributed by atoms with Crippen LogP contribution in [0.4, 0.5) is 21.0 Å². The standard InChI is InChI=1S/C21H23ClFN7O4/c1-32-8-11-7-30-18(25-11)12(22)6-24-19(30)26-15-2-13(28-29-15)17-16(23)14(9-33-17)34-20(31)27-21-3-10(4-21)5-21/h2,6-7,10,14,16-17H,3-5,8-9H2,1H3,(H,27,31)(H2,24,26,28,29)/t10?,14-,16-,17-,21?/m1/s1. The Hall–Kier alpha value is -2.96. The monoisotopic (exact) mass is 491 g/mol. The van der Waals surface area contributed by atoms with Crippen LogP contribution >= 0.6 is 11.6 Å². The second-order valence-electron chi connectivity index (χ2n) is 9.15. The van der Waals surface area contributed by atoms with Crippen molar-refractivity contribution in [2.75, 3.05) is 19.0 Å². The average molecular weight is 492 g/mol. The maximum absolute atomic E-state index is 15.1. The van der Waals surface area contributed by atoms with Gasteiger partial charge < -0.3 is 24.8 Å². The van der Waals surface area contributed by atoms with Crippen molar-refractivity contribution in [2.45, 2.75) is 49.8 Å². The van der Waals surface area contributed by atoms with Crippen LogP contribution in [0.5, 0.6) is 0 Å². The number of hydrogen-bond donors (Lipinski definition) is 3. The van der Waals surface area contributed by atoms with Crippen molar-refractivity contribution < 1.29 is 23.4 Å². The molecule has 3 N–H and O–H groups in total. The molecule has 3 atom stereocenters. The van der Waals surface area contributed by atoms with Crippen LogP contribution in [0, 0.1) is 5.92 Å². The van der Waals surface area contributed by atoms with Gasteiger partial charge in [0.15, 0.2) is 23.7 Å². The average Bonchev–Trinajstić information content (AvgIpc) is 3.47. The Morgan fingerprint density at radius 3 is 3.00 bits per heavy atom. The van der Waals surface area contributed by atoms with E-state index in [2.05, 4.69) is 30.8 Å². The zero-order valence-corrected chi connectivity index (χ0v) is 19.0. The van der Waals surface area contributed by atoms with E-state index in [1.54, 1.807) is 23.8 Å². The molecule has 3 aliphatic carbocycles. The van der Waals surface area contributed by atoms with E-state index in [-0.39, 0.29) is 12.1 Å². The summed E-state index contributed by atoms with van der Waals surface area (Å²) in [5.74, 6) is 1.54. The van der Waals surface area contributed by atoms with Gasteiger partial charge in [-0.1, -0.05) is 11.6 Å². The largest absolute Gasteiger partial charge is 0.441 e. The summed E-state index contributed by atoms with van der Waals surface area (Å²) >= 11 is 6.22. The lowest BCUT2D eigenvalue weighted by Crippen LogP contribution is -2.68. The Morgan fingerprint density at radius 2 is 2.26 bits per heavy atom. The van der Waals surface area contributed by atoms with E-state index in [0.717, 1.165) is 25.2 Å². The summed E-state index contributed by atoms with van der Waals surface area (Å²) in [6.07, 6.45) is 2.14. The number of ether oxygens (including phenoxy) is 3. The third-order valence-electron chi connectivity index (χ3n) is 6.68. The molecule has 3 aromatic rings. The number of carbonyl (C=O) groups excluding carboxylic acids is 1. The molecule has 0 radical (unpaired) electrons. The first kappa shape index (κ1) is 21.6. The highest BCUT2D eigenvalue weighted by atomic mass is 35.5. The fourth-order valence-electron chi connectivity index (χ4n) is 4.92. The van der Waals surface area contributed by atoms with E-state index in [0.29, 0.717) is 40.4 Å². The Labute approximate surface area is 198 Å². The summed E-state index contributed by atoms with van der Waals surface area (Å²) in [5, 5.41) is 13.3. The lowest BCUT2D eigenvalue weighted by molar-refractivity contribution is -0.0528. The summed E-state index contributed by atoms with van der Waals surface area (Å²) in [6.45, 7) is 0.289. The van der Waals surface area contributed by atoms with E-state index in [1.165, 1.54) is 6.20 Å². The van der Waals surface area contributed by atoms with Crippen molar-refractivity contribution in [3.05, 3.63) is 34.9 Å². The number of imidazole rings is 1. The highest BCUT2D eigenvalue weighted by Gasteiger charge is 2.58. The van der Waals surface area contributed by atoms with E-state index in [1.807, 2.05) is 0 Å². The molecule has 13 heteroatoms. The van der Waals surface area contributed by atoms with Crippen LogP contribution in [-0.4, -0.2) is 62.2 Å². The minimum Gasteiger partial charge on any atom is -0.441 e. The summed E-state index contributed by atoms with van der Waals surface area (Å²) in [5.41, 5.74) is 1.49. The number of aromatic nitrogens is 5. The number of nitrogens with one attached hydrogen (secondary N) is 3. The number of methoxy groups -OCH3 is 1. The fourth-order valence-corrected chi connectivity index (χ4v) is 5.10. The number of hydrogen-bond acceptors (Lipinski definition) is 8. The van der Waals surface area contributed by atoms with Crippen molar-refractivity contribution in [3.63, 3.8) is 0 Å². The Balaban J connectivity index is 1.12. The van der Waals surface area contributed by atoms with Gasteiger partial charge in [0.2, 0.25) is 5.95 Å². The van der Waals surface area contributed by atoms with Gasteiger partial charge in [0.05, 0.1) is 30.8 Å². The third kappa shape index (κ3) is 3.65. The molecule has 1 amide bonds. The molecular weight excluding hydrogens is 469 g/mol. The van der Waals surface area contributed by atoms with Crippen LogP contribution in [0.15, 0.2) is 18.5 Å². The number of H-pyrrole nitrogens is 1. The Bertz CT molecular complexity index is 1230. The van der Waals surface area contributed by atoms with Crippen LogP contribution in [0.25, 0.3) is 5.65 Å². The molecular formula is C21H23ClFN7O4. The normalized spacial score (nSPS) is 29.5. The van der Waals surface area contributed by atoms with Crippen LogP contribution < -0.4 is 10.6 Å².